The van der Waals surface area contributed by atoms with Gasteiger partial charge in [0, 0.05) is 12.8 Å². The number of rotatable bonds is 51. The summed E-state index contributed by atoms with van der Waals surface area (Å²) in [4.78, 5) is 25.1. The molecule has 0 aromatic rings. The molecule has 428 valence electrons. The molecule has 1 heterocycles. The third-order valence-electron chi connectivity index (χ3n) is 13.8. The minimum absolute atomic E-state index is 0.0451. The van der Waals surface area contributed by atoms with Gasteiger partial charge in [0.05, 0.1) is 32.0 Å². The average Bonchev–Trinajstić information content (AvgIpc) is 3.40. The summed E-state index contributed by atoms with van der Waals surface area (Å²) in [5.41, 5.74) is 0. The molecule has 0 spiro atoms. The van der Waals surface area contributed by atoms with E-state index in [0.29, 0.717) is 19.4 Å². The van der Waals surface area contributed by atoms with E-state index in [1.54, 1.807) is 6.08 Å². The van der Waals surface area contributed by atoms with E-state index in [9.17, 15) is 35.1 Å². The van der Waals surface area contributed by atoms with Crippen LogP contribution in [-0.2, 0) is 23.8 Å². The second kappa shape index (κ2) is 52.2. The number of carbonyl (C=O) groups excluding carboxylic acids is 2. The summed E-state index contributed by atoms with van der Waals surface area (Å²) in [6, 6.07) is -0.837. The number of aliphatic hydroxyl groups excluding tert-OH is 5. The largest absolute Gasteiger partial charge is 0.466 e. The van der Waals surface area contributed by atoms with Gasteiger partial charge in [0.15, 0.2) is 6.29 Å². The Morgan fingerprint density at radius 1 is 0.514 bits per heavy atom. The number of carbonyl (C=O) groups is 2. The number of aliphatic hydroxyl groups is 5. The maximum Gasteiger partial charge on any atom is 0.305 e. The number of hydrogen-bond acceptors (Lipinski definition) is 10. The second-order valence-corrected chi connectivity index (χ2v) is 20.7. The van der Waals surface area contributed by atoms with Crippen molar-refractivity contribution in [2.24, 2.45) is 0 Å². The van der Waals surface area contributed by atoms with Gasteiger partial charge in [0.2, 0.25) is 5.91 Å². The van der Waals surface area contributed by atoms with Crippen molar-refractivity contribution in [2.75, 3.05) is 19.8 Å². The standard InChI is InChI=1S/C63H111NO10/c1-3-5-7-9-11-13-15-17-26-29-33-37-41-45-49-56(66)55(54-73-63-62(71)61(70)60(69)57(53-65)74-63)64-58(67)50-46-42-38-34-30-27-23-21-19-18-20-22-24-28-32-36-40-44-48-52-72-59(68)51-47-43-39-35-31-25-16-14-12-10-8-6-4-2/h8,10,14,16,22,24,28-29,32-33,45,49,55-57,60-63,65-66,69-71H,3-7,9,11-13,15,17-21,23,25-27,30-31,34-44,46-48,50-54H2,1-2H3,(H,64,67)/b10-8-,16-14-,24-22-,32-28-,33-29+,49-45+. The molecule has 1 aliphatic rings. The third-order valence-corrected chi connectivity index (χ3v) is 13.8. The molecular formula is C63H111NO10. The molecule has 1 aliphatic heterocycles. The fraction of sp³-hybridized carbons (Fsp3) is 0.778. The zero-order chi connectivity index (χ0) is 53.8. The summed E-state index contributed by atoms with van der Waals surface area (Å²) in [6.07, 6.45) is 58.4. The van der Waals surface area contributed by atoms with Crippen molar-refractivity contribution in [3.05, 3.63) is 72.9 Å². The van der Waals surface area contributed by atoms with E-state index in [1.165, 1.54) is 122 Å². The summed E-state index contributed by atoms with van der Waals surface area (Å²) in [5.74, 6) is -0.249. The maximum absolute atomic E-state index is 13.0. The van der Waals surface area contributed by atoms with E-state index in [2.05, 4.69) is 79.9 Å². The molecule has 74 heavy (non-hydrogen) atoms. The van der Waals surface area contributed by atoms with Crippen molar-refractivity contribution in [1.29, 1.82) is 0 Å². The normalized spacial score (nSPS) is 19.4. The molecule has 1 fully saturated rings. The zero-order valence-corrected chi connectivity index (χ0v) is 47.0. The highest BCUT2D eigenvalue weighted by atomic mass is 16.7. The Morgan fingerprint density at radius 3 is 1.55 bits per heavy atom. The van der Waals surface area contributed by atoms with E-state index >= 15 is 0 Å². The van der Waals surface area contributed by atoms with E-state index in [4.69, 9.17) is 14.2 Å². The smallest absolute Gasteiger partial charge is 0.305 e. The van der Waals surface area contributed by atoms with Gasteiger partial charge in [-0.2, -0.15) is 0 Å². The molecule has 0 aromatic carbocycles. The van der Waals surface area contributed by atoms with Crippen LogP contribution >= 0.6 is 0 Å². The maximum atomic E-state index is 13.0. The topological polar surface area (TPSA) is 175 Å². The van der Waals surface area contributed by atoms with Crippen LogP contribution in [0.1, 0.15) is 251 Å². The van der Waals surface area contributed by atoms with Crippen molar-refractivity contribution in [2.45, 2.75) is 294 Å². The van der Waals surface area contributed by atoms with Gasteiger partial charge in [-0.1, -0.05) is 209 Å². The average molecular weight is 1040 g/mol. The molecule has 7 unspecified atom stereocenters. The predicted molar refractivity (Wildman–Crippen MR) is 306 cm³/mol. The predicted octanol–water partition coefficient (Wildman–Crippen LogP) is 14.0. The van der Waals surface area contributed by atoms with Crippen LogP contribution < -0.4 is 5.32 Å². The lowest BCUT2D eigenvalue weighted by Gasteiger charge is -2.40. The summed E-state index contributed by atoms with van der Waals surface area (Å²) < 4.78 is 16.7. The summed E-state index contributed by atoms with van der Waals surface area (Å²) in [6.45, 7) is 4.20. The van der Waals surface area contributed by atoms with Crippen LogP contribution in [-0.4, -0.2) is 100 Å². The van der Waals surface area contributed by atoms with Crippen LogP contribution in [0.3, 0.4) is 0 Å². The molecule has 0 saturated carbocycles. The van der Waals surface area contributed by atoms with Crippen LogP contribution in [0.25, 0.3) is 0 Å². The van der Waals surface area contributed by atoms with Gasteiger partial charge in [-0.25, -0.2) is 0 Å². The first-order chi connectivity index (χ1) is 36.2. The van der Waals surface area contributed by atoms with Gasteiger partial charge in [0.1, 0.15) is 24.4 Å². The summed E-state index contributed by atoms with van der Waals surface area (Å²) in [5, 5.41) is 54.4. The molecule has 0 bridgehead atoms. The van der Waals surface area contributed by atoms with Crippen LogP contribution in [0.15, 0.2) is 72.9 Å². The number of unbranched alkanes of at least 4 members (excludes halogenated alkanes) is 28. The zero-order valence-electron chi connectivity index (χ0n) is 47.0. The first kappa shape index (κ1) is 69.1. The number of allylic oxidation sites excluding steroid dienone is 11. The quantitative estimate of drug-likeness (QED) is 0.0149. The lowest BCUT2D eigenvalue weighted by atomic mass is 9.99. The molecule has 1 saturated heterocycles. The fourth-order valence-corrected chi connectivity index (χ4v) is 8.95. The number of nitrogens with one attached hydrogen (secondary N) is 1. The van der Waals surface area contributed by atoms with Crippen LogP contribution in [0.2, 0.25) is 0 Å². The van der Waals surface area contributed by atoms with E-state index in [-0.39, 0.29) is 18.5 Å². The Labute approximate surface area is 451 Å². The van der Waals surface area contributed by atoms with Gasteiger partial charge < -0.3 is 45.1 Å². The Morgan fingerprint density at radius 2 is 0.986 bits per heavy atom. The van der Waals surface area contributed by atoms with Gasteiger partial charge in [-0.05, 0) is 103 Å². The number of esters is 1. The first-order valence-corrected chi connectivity index (χ1v) is 30.2. The van der Waals surface area contributed by atoms with Gasteiger partial charge in [-0.3, -0.25) is 9.59 Å². The number of amides is 1. The van der Waals surface area contributed by atoms with Crippen LogP contribution in [0, 0.1) is 0 Å². The SMILES string of the molecule is CCC/C=C\C/C=C\CCCCCCCC(=O)OCCCCC/C=C\C=C/CCCCCCCCCCCCC(=O)NC(COC1OC(CO)C(O)C(O)C1O)C(O)/C=C/CC/C=C/CCCCCCCCCC. The molecule has 1 amide bonds. The Hall–Kier alpha value is -2.90. The van der Waals surface area contributed by atoms with E-state index < -0.39 is 49.5 Å². The fourth-order valence-electron chi connectivity index (χ4n) is 8.95. The monoisotopic (exact) mass is 1040 g/mol. The van der Waals surface area contributed by atoms with Crippen LogP contribution in [0.4, 0.5) is 0 Å². The van der Waals surface area contributed by atoms with E-state index in [1.807, 2.05) is 6.08 Å². The minimum atomic E-state index is -1.58. The lowest BCUT2D eigenvalue weighted by Crippen LogP contribution is -2.60. The minimum Gasteiger partial charge on any atom is -0.466 e. The molecule has 11 heteroatoms. The van der Waals surface area contributed by atoms with Crippen LogP contribution in [0.5, 0.6) is 0 Å². The molecule has 6 N–H and O–H groups in total. The van der Waals surface area contributed by atoms with E-state index in [0.717, 1.165) is 103 Å². The van der Waals surface area contributed by atoms with Gasteiger partial charge in [0.25, 0.3) is 0 Å². The van der Waals surface area contributed by atoms with Crippen molar-refractivity contribution >= 4 is 11.9 Å². The summed E-state index contributed by atoms with van der Waals surface area (Å²) in [7, 11) is 0. The Bertz CT molecular complexity index is 1460. The van der Waals surface area contributed by atoms with Crippen molar-refractivity contribution in [1.82, 2.24) is 5.32 Å². The first-order valence-electron chi connectivity index (χ1n) is 30.2. The molecule has 0 aromatic heterocycles. The molecule has 11 nitrogen and oxygen atoms in total. The van der Waals surface area contributed by atoms with Crippen molar-refractivity contribution < 1.29 is 49.3 Å². The molecule has 0 aliphatic carbocycles. The van der Waals surface area contributed by atoms with Crippen molar-refractivity contribution in [3.8, 4) is 0 Å². The second-order valence-electron chi connectivity index (χ2n) is 20.7. The highest BCUT2D eigenvalue weighted by Gasteiger charge is 2.44. The Balaban J connectivity index is 2.14. The summed E-state index contributed by atoms with van der Waals surface area (Å²) >= 11 is 0. The third kappa shape index (κ3) is 41.3. The molecule has 7 atom stereocenters. The van der Waals surface area contributed by atoms with Gasteiger partial charge >= 0.3 is 5.97 Å². The molecule has 1 rings (SSSR count). The molecular weight excluding hydrogens is 931 g/mol. The Kier molecular flexibility index (Phi) is 48.7. The molecule has 0 radical (unpaired) electrons. The van der Waals surface area contributed by atoms with Crippen molar-refractivity contribution in [3.63, 3.8) is 0 Å². The van der Waals surface area contributed by atoms with Gasteiger partial charge in [-0.15, -0.1) is 0 Å². The lowest BCUT2D eigenvalue weighted by molar-refractivity contribution is -0.302. The highest BCUT2D eigenvalue weighted by Crippen LogP contribution is 2.23. The highest BCUT2D eigenvalue weighted by molar-refractivity contribution is 5.76. The number of hydrogen-bond donors (Lipinski definition) is 6. The number of ether oxygens (including phenoxy) is 3.